The molecule has 8 aromatic rings. The van der Waals surface area contributed by atoms with Gasteiger partial charge in [0.15, 0.2) is 0 Å². The maximum absolute atomic E-state index is 6.63. The van der Waals surface area contributed by atoms with Gasteiger partial charge in [0, 0.05) is 33.8 Å². The van der Waals surface area contributed by atoms with E-state index in [0.29, 0.717) is 0 Å². The third-order valence-electron chi connectivity index (χ3n) is 11.5. The highest BCUT2D eigenvalue weighted by Crippen LogP contribution is 2.48. The Balaban J connectivity index is 1.35. The average molecular weight is 670 g/mol. The van der Waals surface area contributed by atoms with Crippen molar-refractivity contribution in [2.45, 2.75) is 47.0 Å². The van der Waals surface area contributed by atoms with Crippen molar-refractivity contribution in [3.63, 3.8) is 0 Å². The van der Waals surface area contributed by atoms with Crippen LogP contribution in [0.4, 0.5) is 17.1 Å². The minimum Gasteiger partial charge on any atom is -0.456 e. The van der Waals surface area contributed by atoms with Gasteiger partial charge in [0.25, 0.3) is 0 Å². The fourth-order valence-corrected chi connectivity index (χ4v) is 9.24. The second kappa shape index (κ2) is 11.1. The molecule has 2 aliphatic rings. The molecule has 2 aliphatic heterocycles. The van der Waals surface area contributed by atoms with Crippen LogP contribution in [0.2, 0.25) is 0 Å². The molecule has 0 aliphatic carbocycles. The maximum Gasteiger partial charge on any atom is 0.248 e. The van der Waals surface area contributed by atoms with Crippen molar-refractivity contribution in [3.05, 3.63) is 156 Å². The Kier molecular flexibility index (Phi) is 6.61. The van der Waals surface area contributed by atoms with Crippen LogP contribution in [0.5, 0.6) is 0 Å². The maximum atomic E-state index is 6.63. The highest BCUT2D eigenvalue weighted by Gasteiger charge is 2.43. The van der Waals surface area contributed by atoms with E-state index in [1.807, 2.05) is 0 Å². The lowest BCUT2D eigenvalue weighted by atomic mass is 9.37. The summed E-state index contributed by atoms with van der Waals surface area (Å²) in [7, 11) is 0. The van der Waals surface area contributed by atoms with Gasteiger partial charge < -0.3 is 9.32 Å². The number of aryl methyl sites for hydroxylation is 3. The van der Waals surface area contributed by atoms with E-state index >= 15 is 0 Å². The molecule has 250 valence electrons. The Labute approximate surface area is 306 Å². The van der Waals surface area contributed by atoms with Crippen LogP contribution in [0, 0.1) is 20.8 Å². The van der Waals surface area contributed by atoms with Crippen LogP contribution in [-0.2, 0) is 5.41 Å². The summed E-state index contributed by atoms with van der Waals surface area (Å²) < 4.78 is 6.63. The van der Waals surface area contributed by atoms with Gasteiger partial charge in [0.1, 0.15) is 11.2 Å². The average Bonchev–Trinajstić information content (AvgIpc) is 3.66. The molecule has 7 aromatic carbocycles. The van der Waals surface area contributed by atoms with Gasteiger partial charge >= 0.3 is 0 Å². The van der Waals surface area contributed by atoms with E-state index < -0.39 is 0 Å². The molecule has 0 saturated heterocycles. The molecular weight excluding hydrogens is 629 g/mol. The van der Waals surface area contributed by atoms with E-state index in [1.165, 1.54) is 89.1 Å². The second-order valence-corrected chi connectivity index (χ2v) is 15.9. The van der Waals surface area contributed by atoms with Crippen molar-refractivity contribution in [2.75, 3.05) is 4.90 Å². The number of rotatable bonds is 3. The van der Waals surface area contributed by atoms with E-state index in [0.717, 1.165) is 21.9 Å². The zero-order valence-electron chi connectivity index (χ0n) is 30.6. The highest BCUT2D eigenvalue weighted by molar-refractivity contribution is 7.01. The number of furan rings is 1. The van der Waals surface area contributed by atoms with Gasteiger partial charge in [-0.15, -0.1) is 0 Å². The van der Waals surface area contributed by atoms with Crippen molar-refractivity contribution in [2.24, 2.45) is 0 Å². The summed E-state index contributed by atoms with van der Waals surface area (Å²) in [4.78, 5) is 2.56. The molecule has 2 nitrogen and oxygen atoms in total. The Morgan fingerprint density at radius 1 is 0.519 bits per heavy atom. The van der Waals surface area contributed by atoms with Crippen LogP contribution in [-0.4, -0.2) is 6.71 Å². The Morgan fingerprint density at radius 2 is 1.25 bits per heavy atom. The number of hydrogen-bond acceptors (Lipinski definition) is 2. The normalized spacial score (nSPS) is 13.1. The molecular formula is C49H40BNO. The third-order valence-corrected chi connectivity index (χ3v) is 11.5. The number of fused-ring (bicyclic) bond motifs is 8. The Morgan fingerprint density at radius 3 is 2.04 bits per heavy atom. The van der Waals surface area contributed by atoms with Crippen LogP contribution in [0.1, 0.15) is 43.0 Å². The summed E-state index contributed by atoms with van der Waals surface area (Å²) in [6.07, 6.45) is 0. The number of nitrogens with zero attached hydrogens (tertiary/aromatic N) is 1. The number of anilines is 3. The first-order chi connectivity index (χ1) is 25.2. The van der Waals surface area contributed by atoms with Crippen LogP contribution in [0.25, 0.3) is 55.3 Å². The molecule has 0 fully saturated rings. The molecule has 0 radical (unpaired) electrons. The van der Waals surface area contributed by atoms with Crippen molar-refractivity contribution in [3.8, 4) is 33.4 Å². The van der Waals surface area contributed by atoms with E-state index in [4.69, 9.17) is 4.42 Å². The van der Waals surface area contributed by atoms with Crippen LogP contribution in [0.15, 0.2) is 138 Å². The summed E-state index contributed by atoms with van der Waals surface area (Å²) >= 11 is 0. The first-order valence-corrected chi connectivity index (χ1v) is 18.5. The SMILES string of the molecule is Cc1cc(C)c(-c2cc3c4c(c2)N(c2ccc(C(C)(C)C)cc2-c2ccccc2)c2cc5oc6ccccc6c5cc2B4c2ccccc2-3)c(C)c1. The van der Waals surface area contributed by atoms with Gasteiger partial charge in [-0.1, -0.05) is 129 Å². The minimum atomic E-state index is -0.00327. The van der Waals surface area contributed by atoms with Gasteiger partial charge in [-0.25, -0.2) is 0 Å². The largest absolute Gasteiger partial charge is 0.456 e. The summed E-state index contributed by atoms with van der Waals surface area (Å²) in [6.45, 7) is 13.7. The van der Waals surface area contributed by atoms with Crippen molar-refractivity contribution in [1.82, 2.24) is 0 Å². The van der Waals surface area contributed by atoms with Crippen molar-refractivity contribution < 1.29 is 4.42 Å². The topological polar surface area (TPSA) is 16.4 Å². The first kappa shape index (κ1) is 31.0. The molecule has 52 heavy (non-hydrogen) atoms. The van der Waals surface area contributed by atoms with Crippen molar-refractivity contribution >= 4 is 62.1 Å². The lowest BCUT2D eigenvalue weighted by Gasteiger charge is -2.38. The molecule has 1 aromatic heterocycles. The molecule has 0 spiro atoms. The van der Waals surface area contributed by atoms with E-state index in [2.05, 4.69) is 180 Å². The monoisotopic (exact) mass is 669 g/mol. The second-order valence-electron chi connectivity index (χ2n) is 15.9. The number of hydrogen-bond donors (Lipinski definition) is 0. The van der Waals surface area contributed by atoms with Crippen LogP contribution in [0.3, 0.4) is 0 Å². The van der Waals surface area contributed by atoms with Gasteiger partial charge in [0.05, 0.1) is 5.69 Å². The summed E-state index contributed by atoms with van der Waals surface area (Å²) in [5.41, 5.74) is 22.3. The number of benzene rings is 7. The smallest absolute Gasteiger partial charge is 0.248 e. The van der Waals surface area contributed by atoms with E-state index in [9.17, 15) is 0 Å². The molecule has 0 atom stereocenters. The zero-order valence-corrected chi connectivity index (χ0v) is 30.6. The molecule has 0 bridgehead atoms. The molecule has 0 N–H and O–H groups in total. The molecule has 10 rings (SSSR count). The highest BCUT2D eigenvalue weighted by atomic mass is 16.3. The van der Waals surface area contributed by atoms with Gasteiger partial charge in [0.2, 0.25) is 6.71 Å². The van der Waals surface area contributed by atoms with Gasteiger partial charge in [-0.2, -0.15) is 0 Å². The Bertz CT molecular complexity index is 2740. The fraction of sp³-hybridized carbons (Fsp3) is 0.143. The minimum absolute atomic E-state index is 0.00327. The lowest BCUT2D eigenvalue weighted by molar-refractivity contribution is 0.590. The lowest BCUT2D eigenvalue weighted by Crippen LogP contribution is -2.54. The fourth-order valence-electron chi connectivity index (χ4n) is 9.24. The number of para-hydroxylation sites is 1. The molecule has 3 heteroatoms. The molecule has 0 unspecified atom stereocenters. The van der Waals surface area contributed by atoms with Gasteiger partial charge in [-0.3, -0.25) is 0 Å². The molecule has 0 saturated carbocycles. The quantitative estimate of drug-likeness (QED) is 0.174. The predicted molar refractivity (Wildman–Crippen MR) is 222 cm³/mol. The molecule has 3 heterocycles. The van der Waals surface area contributed by atoms with E-state index in [1.54, 1.807) is 0 Å². The first-order valence-electron chi connectivity index (χ1n) is 18.5. The summed E-state index contributed by atoms with van der Waals surface area (Å²) in [5.74, 6) is 0. The Hall–Kier alpha value is -5.80. The van der Waals surface area contributed by atoms with Crippen molar-refractivity contribution in [1.29, 1.82) is 0 Å². The van der Waals surface area contributed by atoms with Gasteiger partial charge in [-0.05, 0) is 112 Å². The standard InChI is InChI=1S/C49H40BNO/c1-29-22-30(2)47(31(3)23-29)33-24-39-35-16-10-12-18-40(35)50-41-27-38-36-17-11-13-19-45(36)52-46(38)28-43(41)51(44(25-33)48(39)50)42-21-20-34(49(4,5)6)26-37(42)32-14-8-7-9-15-32/h7-28H,1-6H3. The summed E-state index contributed by atoms with van der Waals surface area (Å²) in [6, 6.07) is 49.9. The molecule has 0 amide bonds. The predicted octanol–water partition coefficient (Wildman–Crippen LogP) is 11.4. The zero-order chi connectivity index (χ0) is 35.5. The summed E-state index contributed by atoms with van der Waals surface area (Å²) in [5, 5.41) is 2.32. The third kappa shape index (κ3) is 4.51. The van der Waals surface area contributed by atoms with Crippen LogP contribution < -0.4 is 21.3 Å². The van der Waals surface area contributed by atoms with Crippen LogP contribution >= 0.6 is 0 Å². The van der Waals surface area contributed by atoms with E-state index in [-0.39, 0.29) is 12.1 Å².